The molecular weight excluding hydrogens is 268 g/mol. The van der Waals surface area contributed by atoms with E-state index in [2.05, 4.69) is 59.5 Å². The van der Waals surface area contributed by atoms with Gasteiger partial charge < -0.3 is 4.98 Å². The van der Waals surface area contributed by atoms with E-state index in [-0.39, 0.29) is 5.54 Å². The van der Waals surface area contributed by atoms with Crippen molar-refractivity contribution in [3.63, 3.8) is 0 Å². The lowest BCUT2D eigenvalue weighted by Gasteiger charge is -2.19. The van der Waals surface area contributed by atoms with Crippen LogP contribution in [0, 0.1) is 0 Å². The van der Waals surface area contributed by atoms with Gasteiger partial charge >= 0.3 is 0 Å². The molecule has 2 heterocycles. The van der Waals surface area contributed by atoms with Gasteiger partial charge in [-0.3, -0.25) is 10.4 Å². The van der Waals surface area contributed by atoms with E-state index in [0.717, 1.165) is 27.7 Å². The molecule has 0 saturated carbocycles. The van der Waals surface area contributed by atoms with Gasteiger partial charge in [0.2, 0.25) is 0 Å². The number of para-hydroxylation sites is 1. The van der Waals surface area contributed by atoms with Crippen molar-refractivity contribution in [2.75, 3.05) is 5.75 Å². The first kappa shape index (κ1) is 13.2. The van der Waals surface area contributed by atoms with Gasteiger partial charge in [-0.2, -0.15) is 5.10 Å². The zero-order chi connectivity index (χ0) is 14.2. The van der Waals surface area contributed by atoms with E-state index in [4.69, 9.17) is 0 Å². The second-order valence-electron chi connectivity index (χ2n) is 5.79. The highest BCUT2D eigenvalue weighted by molar-refractivity contribution is 8.14. The number of hydrogen-bond donors (Lipinski definition) is 2. The molecule has 3 rings (SSSR count). The first-order chi connectivity index (χ1) is 9.53. The predicted octanol–water partition coefficient (Wildman–Crippen LogP) is 3.36. The predicted molar refractivity (Wildman–Crippen MR) is 87.6 cm³/mol. The summed E-state index contributed by atoms with van der Waals surface area (Å²) in [5.74, 6) is 0.837. The van der Waals surface area contributed by atoms with Crippen molar-refractivity contribution in [1.29, 1.82) is 0 Å². The molecule has 2 aromatic rings. The van der Waals surface area contributed by atoms with E-state index in [9.17, 15) is 0 Å². The number of nitrogens with one attached hydrogen (secondary N) is 2. The van der Waals surface area contributed by atoms with Crippen molar-refractivity contribution in [3.05, 3.63) is 36.0 Å². The van der Waals surface area contributed by atoms with Crippen LogP contribution in [0.15, 0.2) is 40.6 Å². The molecule has 104 valence electrons. The lowest BCUT2D eigenvalue weighted by molar-refractivity contribution is 0.582. The average molecular weight is 286 g/mol. The summed E-state index contributed by atoms with van der Waals surface area (Å²) in [4.78, 5) is 7.89. The number of aromatic amines is 1. The van der Waals surface area contributed by atoms with E-state index in [1.165, 1.54) is 5.39 Å². The lowest BCUT2D eigenvalue weighted by atomic mass is 10.1. The number of nitrogens with zero attached hydrogens (tertiary/aromatic N) is 2. The molecule has 0 unspecified atom stereocenters. The highest BCUT2D eigenvalue weighted by atomic mass is 32.2. The number of aromatic nitrogens is 1. The van der Waals surface area contributed by atoms with Crippen LogP contribution in [0.4, 0.5) is 0 Å². The number of hydrazone groups is 1. The van der Waals surface area contributed by atoms with Crippen LogP contribution in [-0.2, 0) is 0 Å². The molecule has 2 N–H and O–H groups in total. The summed E-state index contributed by atoms with van der Waals surface area (Å²) >= 11 is 1.70. The Morgan fingerprint density at radius 3 is 2.75 bits per heavy atom. The van der Waals surface area contributed by atoms with Gasteiger partial charge in [-0.1, -0.05) is 30.0 Å². The number of aliphatic imine (C=N–C) groups is 1. The number of thioether (sulfide) groups is 1. The Balaban J connectivity index is 1.89. The van der Waals surface area contributed by atoms with Crippen molar-refractivity contribution >= 4 is 33.5 Å². The lowest BCUT2D eigenvalue weighted by Crippen LogP contribution is -2.28. The quantitative estimate of drug-likeness (QED) is 0.844. The zero-order valence-corrected chi connectivity index (χ0v) is 12.7. The molecular formula is C15H18N4S. The van der Waals surface area contributed by atoms with Crippen LogP contribution in [0.2, 0.25) is 0 Å². The SMILES string of the molecule is CC(C)(C)N=C1NN=C(c2c[nH]c3ccccc23)CS1. The van der Waals surface area contributed by atoms with Gasteiger partial charge in [0.15, 0.2) is 5.17 Å². The second-order valence-corrected chi connectivity index (χ2v) is 6.76. The van der Waals surface area contributed by atoms with E-state index < -0.39 is 0 Å². The third kappa shape index (κ3) is 2.72. The maximum Gasteiger partial charge on any atom is 0.178 e. The standard InChI is InChI=1S/C15H18N4S/c1-15(2,3)17-14-19-18-13(9-20-14)11-8-16-12-7-5-4-6-10(11)12/h4-8,16H,9H2,1-3H3,(H,17,19). The molecule has 1 aromatic heterocycles. The Labute approximate surface area is 122 Å². The monoisotopic (exact) mass is 286 g/mol. The van der Waals surface area contributed by atoms with E-state index in [1.807, 2.05) is 12.3 Å². The Bertz CT molecular complexity index is 691. The minimum absolute atomic E-state index is 0.0802. The molecule has 4 nitrogen and oxygen atoms in total. The topological polar surface area (TPSA) is 52.5 Å². The van der Waals surface area contributed by atoms with Gasteiger partial charge in [0, 0.05) is 28.4 Å². The zero-order valence-electron chi connectivity index (χ0n) is 11.9. The van der Waals surface area contributed by atoms with Crippen LogP contribution >= 0.6 is 11.8 Å². The molecule has 20 heavy (non-hydrogen) atoms. The van der Waals surface area contributed by atoms with Gasteiger partial charge in [0.25, 0.3) is 0 Å². The molecule has 0 bridgehead atoms. The molecule has 1 aliphatic rings. The Morgan fingerprint density at radius 1 is 1.25 bits per heavy atom. The molecule has 0 spiro atoms. The molecule has 0 amide bonds. The van der Waals surface area contributed by atoms with Crippen molar-refractivity contribution in [2.24, 2.45) is 10.1 Å². The van der Waals surface area contributed by atoms with E-state index >= 15 is 0 Å². The van der Waals surface area contributed by atoms with Crippen molar-refractivity contribution in [2.45, 2.75) is 26.3 Å². The molecule has 5 heteroatoms. The van der Waals surface area contributed by atoms with Crippen LogP contribution in [0.1, 0.15) is 26.3 Å². The van der Waals surface area contributed by atoms with Crippen molar-refractivity contribution < 1.29 is 0 Å². The summed E-state index contributed by atoms with van der Waals surface area (Å²) in [6, 6.07) is 8.28. The van der Waals surface area contributed by atoms with Gasteiger partial charge in [-0.15, -0.1) is 0 Å². The van der Waals surface area contributed by atoms with E-state index in [0.29, 0.717) is 0 Å². The molecule has 1 aliphatic heterocycles. The largest absolute Gasteiger partial charge is 0.360 e. The summed E-state index contributed by atoms with van der Waals surface area (Å²) < 4.78 is 0. The summed E-state index contributed by atoms with van der Waals surface area (Å²) in [5.41, 5.74) is 6.35. The number of hydrogen-bond acceptors (Lipinski definition) is 3. The van der Waals surface area contributed by atoms with Gasteiger partial charge in [-0.25, -0.2) is 0 Å². The summed E-state index contributed by atoms with van der Waals surface area (Å²) in [7, 11) is 0. The average Bonchev–Trinajstić information content (AvgIpc) is 2.82. The number of fused-ring (bicyclic) bond motifs is 1. The van der Waals surface area contributed by atoms with Crippen LogP contribution in [0.3, 0.4) is 0 Å². The van der Waals surface area contributed by atoms with Crippen molar-refractivity contribution in [3.8, 4) is 0 Å². The minimum Gasteiger partial charge on any atom is -0.360 e. The Kier molecular flexibility index (Phi) is 3.30. The maximum atomic E-state index is 4.60. The van der Waals surface area contributed by atoms with E-state index in [1.54, 1.807) is 11.8 Å². The molecule has 0 atom stereocenters. The number of amidine groups is 1. The van der Waals surface area contributed by atoms with Crippen LogP contribution in [0.5, 0.6) is 0 Å². The third-order valence-electron chi connectivity index (χ3n) is 2.97. The van der Waals surface area contributed by atoms with Gasteiger partial charge in [0.05, 0.1) is 11.3 Å². The first-order valence-electron chi connectivity index (χ1n) is 6.65. The Morgan fingerprint density at radius 2 is 2.05 bits per heavy atom. The highest BCUT2D eigenvalue weighted by Gasteiger charge is 2.18. The summed E-state index contributed by atoms with van der Waals surface area (Å²) in [6.07, 6.45) is 2.03. The second kappa shape index (κ2) is 4.98. The molecule has 0 radical (unpaired) electrons. The molecule has 1 aromatic carbocycles. The van der Waals surface area contributed by atoms with Crippen LogP contribution in [0.25, 0.3) is 10.9 Å². The van der Waals surface area contributed by atoms with Gasteiger partial charge in [-0.05, 0) is 26.8 Å². The van der Waals surface area contributed by atoms with Crippen LogP contribution < -0.4 is 5.43 Å². The van der Waals surface area contributed by atoms with Crippen molar-refractivity contribution in [1.82, 2.24) is 10.4 Å². The maximum absolute atomic E-state index is 4.60. The summed E-state index contributed by atoms with van der Waals surface area (Å²) in [6.45, 7) is 6.25. The fourth-order valence-electron chi connectivity index (χ4n) is 2.13. The Hall–Kier alpha value is -1.75. The smallest absolute Gasteiger partial charge is 0.178 e. The number of rotatable bonds is 1. The number of benzene rings is 1. The number of H-pyrrole nitrogens is 1. The van der Waals surface area contributed by atoms with Gasteiger partial charge in [0.1, 0.15) is 0 Å². The van der Waals surface area contributed by atoms with Crippen LogP contribution in [-0.4, -0.2) is 27.2 Å². The summed E-state index contributed by atoms with van der Waals surface area (Å²) in [5, 5.41) is 6.59. The molecule has 0 aliphatic carbocycles. The third-order valence-corrected chi connectivity index (χ3v) is 3.84. The fourth-order valence-corrected chi connectivity index (χ4v) is 3.07. The molecule has 0 fully saturated rings. The highest BCUT2D eigenvalue weighted by Crippen LogP contribution is 2.22. The minimum atomic E-state index is -0.0802. The molecule has 0 saturated heterocycles. The fraction of sp³-hybridized carbons (Fsp3) is 0.333. The normalized spacial score (nSPS) is 18.1. The first-order valence-corrected chi connectivity index (χ1v) is 7.63.